The van der Waals surface area contributed by atoms with Crippen molar-refractivity contribution >= 4 is 11.6 Å². The number of aromatic nitrogens is 3. The number of hydrogen-bond acceptors (Lipinski definition) is 4. The van der Waals surface area contributed by atoms with Crippen LogP contribution in [-0.4, -0.2) is 39.8 Å². The van der Waals surface area contributed by atoms with Gasteiger partial charge in [-0.05, 0) is 25.8 Å². The molecule has 1 atom stereocenters. The number of hydrogen-bond donors (Lipinski definition) is 1. The van der Waals surface area contributed by atoms with Crippen molar-refractivity contribution in [2.45, 2.75) is 32.0 Å². The molecule has 0 saturated carbocycles. The molecule has 29 heavy (non-hydrogen) atoms. The molecule has 1 aliphatic rings. The molecule has 3 heterocycles. The highest BCUT2D eigenvalue weighted by Crippen LogP contribution is 2.32. The molecule has 1 amide bonds. The van der Waals surface area contributed by atoms with Crippen LogP contribution in [0.5, 0.6) is 0 Å². The van der Waals surface area contributed by atoms with Crippen LogP contribution in [-0.2, 0) is 10.9 Å². The van der Waals surface area contributed by atoms with Gasteiger partial charge in [-0.1, -0.05) is 29.8 Å². The number of nitrogens with one attached hydrogen (secondary N) is 1. The number of amides is 1. The second-order valence-electron chi connectivity index (χ2n) is 7.03. The summed E-state index contributed by atoms with van der Waals surface area (Å²) >= 11 is 0. The monoisotopic (exact) mass is 404 g/mol. The molecule has 9 heteroatoms. The van der Waals surface area contributed by atoms with E-state index in [9.17, 15) is 18.0 Å². The number of carbonyl (C=O) groups excluding carboxylic acids is 1. The molecule has 2 aromatic heterocycles. The van der Waals surface area contributed by atoms with E-state index in [0.29, 0.717) is 23.2 Å². The molecule has 0 unspecified atom stereocenters. The summed E-state index contributed by atoms with van der Waals surface area (Å²) in [6.07, 6.45) is -1.86. The molecule has 1 N–H and O–H groups in total. The standard InChI is InChI=1S/C20H19F3N4O2/c1-12-4-6-13(7-5-12)16-9-17(20(21,22)23)27-18(26-16)15(11-25-27)19(28)24-10-14-3-2-8-29-14/h4-7,9,11,14H,2-3,8,10H2,1H3,(H,24,28)/t14-/m1/s1. The second-order valence-corrected chi connectivity index (χ2v) is 7.03. The summed E-state index contributed by atoms with van der Waals surface area (Å²) in [5.41, 5.74) is 0.484. The normalized spacial score (nSPS) is 17.0. The molecule has 152 valence electrons. The van der Waals surface area contributed by atoms with Gasteiger partial charge in [0, 0.05) is 18.7 Å². The Labute approximate surface area is 164 Å². The Kier molecular flexibility index (Phi) is 4.99. The van der Waals surface area contributed by atoms with Crippen LogP contribution in [0.4, 0.5) is 13.2 Å². The number of halogens is 3. The molecular weight excluding hydrogens is 385 g/mol. The van der Waals surface area contributed by atoms with Gasteiger partial charge in [0.15, 0.2) is 11.3 Å². The lowest BCUT2D eigenvalue weighted by Gasteiger charge is -2.12. The van der Waals surface area contributed by atoms with Gasteiger partial charge in [0.25, 0.3) is 5.91 Å². The first kappa shape index (κ1) is 19.4. The number of fused-ring (bicyclic) bond motifs is 1. The van der Waals surface area contributed by atoms with Gasteiger partial charge in [-0.3, -0.25) is 4.79 Å². The van der Waals surface area contributed by atoms with Gasteiger partial charge in [-0.15, -0.1) is 0 Å². The van der Waals surface area contributed by atoms with E-state index in [1.165, 1.54) is 0 Å². The quantitative estimate of drug-likeness (QED) is 0.721. The van der Waals surface area contributed by atoms with Crippen molar-refractivity contribution in [2.24, 2.45) is 0 Å². The van der Waals surface area contributed by atoms with E-state index in [-0.39, 0.29) is 23.0 Å². The summed E-state index contributed by atoms with van der Waals surface area (Å²) in [5, 5.41) is 6.48. The molecule has 6 nitrogen and oxygen atoms in total. The Morgan fingerprint density at radius 1 is 1.31 bits per heavy atom. The zero-order valence-corrected chi connectivity index (χ0v) is 15.7. The van der Waals surface area contributed by atoms with Crippen LogP contribution < -0.4 is 5.32 Å². The number of ether oxygens (including phenoxy) is 1. The lowest BCUT2D eigenvalue weighted by molar-refractivity contribution is -0.142. The maximum Gasteiger partial charge on any atom is 0.433 e. The minimum atomic E-state index is -4.65. The molecule has 0 aliphatic carbocycles. The third-order valence-corrected chi connectivity index (χ3v) is 4.87. The second kappa shape index (κ2) is 7.47. The fourth-order valence-electron chi connectivity index (χ4n) is 3.30. The highest BCUT2D eigenvalue weighted by atomic mass is 19.4. The lowest BCUT2D eigenvalue weighted by atomic mass is 10.1. The average Bonchev–Trinajstić information content (AvgIpc) is 3.35. The minimum absolute atomic E-state index is 0.0116. The number of rotatable bonds is 4. The van der Waals surface area contributed by atoms with Crippen molar-refractivity contribution in [1.29, 1.82) is 0 Å². The summed E-state index contributed by atoms with van der Waals surface area (Å²) in [6.45, 7) is 2.82. The number of nitrogens with zero attached hydrogens (tertiary/aromatic N) is 3. The van der Waals surface area contributed by atoms with Gasteiger partial charge >= 0.3 is 6.18 Å². The van der Waals surface area contributed by atoms with Gasteiger partial charge in [0.1, 0.15) is 5.56 Å². The number of aryl methyl sites for hydroxylation is 1. The Morgan fingerprint density at radius 3 is 2.72 bits per heavy atom. The van der Waals surface area contributed by atoms with Crippen molar-refractivity contribution in [1.82, 2.24) is 19.9 Å². The average molecular weight is 404 g/mol. The Bertz CT molecular complexity index is 1040. The molecule has 1 aliphatic heterocycles. The molecule has 4 rings (SSSR count). The minimum Gasteiger partial charge on any atom is -0.376 e. The van der Waals surface area contributed by atoms with Crippen LogP contribution in [0, 0.1) is 6.92 Å². The van der Waals surface area contributed by atoms with Crippen LogP contribution >= 0.6 is 0 Å². The van der Waals surface area contributed by atoms with Gasteiger partial charge in [-0.2, -0.15) is 18.3 Å². The van der Waals surface area contributed by atoms with Crippen LogP contribution in [0.2, 0.25) is 0 Å². The first-order chi connectivity index (χ1) is 13.8. The van der Waals surface area contributed by atoms with E-state index in [1.54, 1.807) is 24.3 Å². The fraction of sp³-hybridized carbons (Fsp3) is 0.350. The molecule has 1 saturated heterocycles. The van der Waals surface area contributed by atoms with Gasteiger partial charge in [0.05, 0.1) is 18.0 Å². The summed E-state index contributed by atoms with van der Waals surface area (Å²) < 4.78 is 47.0. The van der Waals surface area contributed by atoms with Crippen molar-refractivity contribution in [2.75, 3.05) is 13.2 Å². The molecule has 1 aromatic carbocycles. The van der Waals surface area contributed by atoms with Crippen LogP contribution in [0.25, 0.3) is 16.9 Å². The van der Waals surface area contributed by atoms with Crippen molar-refractivity contribution in [3.63, 3.8) is 0 Å². The predicted octanol–water partition coefficient (Wildman–Crippen LogP) is 3.63. The summed E-state index contributed by atoms with van der Waals surface area (Å²) in [4.78, 5) is 16.9. The van der Waals surface area contributed by atoms with Gasteiger partial charge in [-0.25, -0.2) is 9.50 Å². The van der Waals surface area contributed by atoms with E-state index in [4.69, 9.17) is 4.74 Å². The molecule has 0 bridgehead atoms. The fourth-order valence-corrected chi connectivity index (χ4v) is 3.30. The van der Waals surface area contributed by atoms with E-state index in [1.807, 2.05) is 6.92 Å². The van der Waals surface area contributed by atoms with Crippen molar-refractivity contribution in [3.8, 4) is 11.3 Å². The van der Waals surface area contributed by atoms with Crippen LogP contribution in [0.1, 0.15) is 34.5 Å². The van der Waals surface area contributed by atoms with Crippen molar-refractivity contribution in [3.05, 3.63) is 53.3 Å². The van der Waals surface area contributed by atoms with Crippen LogP contribution in [0.3, 0.4) is 0 Å². The van der Waals surface area contributed by atoms with Gasteiger partial charge < -0.3 is 10.1 Å². The van der Waals surface area contributed by atoms with Crippen LogP contribution in [0.15, 0.2) is 36.5 Å². The molecular formula is C20H19F3N4O2. The molecule has 1 fully saturated rings. The first-order valence-electron chi connectivity index (χ1n) is 9.26. The number of carbonyl (C=O) groups is 1. The zero-order valence-electron chi connectivity index (χ0n) is 15.7. The van der Waals surface area contributed by atoms with E-state index in [2.05, 4.69) is 15.4 Å². The SMILES string of the molecule is Cc1ccc(-c2cc(C(F)(F)F)n3ncc(C(=O)NC[C@H]4CCCO4)c3n2)cc1. The predicted molar refractivity (Wildman–Crippen MR) is 99.5 cm³/mol. The third kappa shape index (κ3) is 3.95. The molecule has 3 aromatic rings. The topological polar surface area (TPSA) is 68.5 Å². The maximum absolute atomic E-state index is 13.6. The van der Waals surface area contributed by atoms with Crippen molar-refractivity contribution < 1.29 is 22.7 Å². The highest BCUT2D eigenvalue weighted by Gasteiger charge is 2.36. The number of benzene rings is 1. The Morgan fingerprint density at radius 2 is 2.07 bits per heavy atom. The van der Waals surface area contributed by atoms with E-state index in [0.717, 1.165) is 30.7 Å². The first-order valence-corrected chi connectivity index (χ1v) is 9.26. The number of alkyl halides is 3. The smallest absolute Gasteiger partial charge is 0.376 e. The zero-order chi connectivity index (χ0) is 20.6. The lowest BCUT2D eigenvalue weighted by Crippen LogP contribution is -2.31. The third-order valence-electron chi connectivity index (χ3n) is 4.87. The Hall–Kier alpha value is -2.94. The Balaban J connectivity index is 1.75. The summed E-state index contributed by atoms with van der Waals surface area (Å²) in [5.74, 6) is -0.530. The largest absolute Gasteiger partial charge is 0.433 e. The van der Waals surface area contributed by atoms with E-state index < -0.39 is 17.8 Å². The molecule has 0 spiro atoms. The van der Waals surface area contributed by atoms with E-state index >= 15 is 0 Å². The van der Waals surface area contributed by atoms with Gasteiger partial charge in [0.2, 0.25) is 0 Å². The summed E-state index contributed by atoms with van der Waals surface area (Å²) in [7, 11) is 0. The maximum atomic E-state index is 13.6. The molecule has 0 radical (unpaired) electrons. The highest BCUT2D eigenvalue weighted by molar-refractivity contribution is 5.99. The summed E-state index contributed by atoms with van der Waals surface area (Å²) in [6, 6.07) is 7.92.